The molecule has 2 aromatic rings. The molecule has 1 N–H and O–H groups in total. The van der Waals surface area contributed by atoms with Crippen LogP contribution in [0, 0.1) is 11.3 Å². The molecule has 0 radical (unpaired) electrons. The topological polar surface area (TPSA) is 142 Å². The summed E-state index contributed by atoms with van der Waals surface area (Å²) >= 11 is 0.747. The van der Waals surface area contributed by atoms with Gasteiger partial charge in [0.15, 0.2) is 0 Å². The lowest BCUT2D eigenvalue weighted by Gasteiger charge is -2.24. The van der Waals surface area contributed by atoms with Gasteiger partial charge < -0.3 is 9.15 Å². The van der Waals surface area contributed by atoms with Crippen molar-refractivity contribution < 1.29 is 27.2 Å². The van der Waals surface area contributed by atoms with E-state index in [9.17, 15) is 18.0 Å². The fourth-order valence-electron chi connectivity index (χ4n) is 3.45. The molecule has 2 aliphatic rings. The van der Waals surface area contributed by atoms with E-state index in [0.717, 1.165) is 16.8 Å². The van der Waals surface area contributed by atoms with Gasteiger partial charge in [-0.3, -0.25) is 10.2 Å². The third kappa shape index (κ3) is 4.98. The van der Waals surface area contributed by atoms with Crippen molar-refractivity contribution in [2.75, 3.05) is 12.4 Å². The summed E-state index contributed by atoms with van der Waals surface area (Å²) in [5, 5.41) is 8.25. The molecular formula is C23H22N4O6S2. The van der Waals surface area contributed by atoms with Gasteiger partial charge >= 0.3 is 5.97 Å². The van der Waals surface area contributed by atoms with Crippen LogP contribution in [0.5, 0.6) is 0 Å². The van der Waals surface area contributed by atoms with Gasteiger partial charge in [0.2, 0.25) is 20.2 Å². The molecule has 1 aromatic carbocycles. The van der Waals surface area contributed by atoms with Gasteiger partial charge in [-0.1, -0.05) is 26.0 Å². The number of nitrogens with one attached hydrogen (secondary N) is 1. The molecule has 0 fully saturated rings. The van der Waals surface area contributed by atoms with Crippen LogP contribution >= 0.6 is 11.9 Å². The third-order valence-corrected chi connectivity index (χ3v) is 7.65. The third-order valence-electron chi connectivity index (χ3n) is 4.90. The zero-order valence-corrected chi connectivity index (χ0v) is 20.8. The number of carbonyl (C=O) groups excluding carboxylic acids is 2. The number of amidine groups is 3. The Hall–Kier alpha value is -3.51. The average Bonchev–Trinajstić information content (AvgIpc) is 3.44. The highest BCUT2D eigenvalue weighted by atomic mass is 32.2. The second kappa shape index (κ2) is 9.62. The van der Waals surface area contributed by atoms with E-state index in [2.05, 4.69) is 9.39 Å². The van der Waals surface area contributed by atoms with Gasteiger partial charge in [0.1, 0.15) is 17.4 Å². The predicted molar refractivity (Wildman–Crippen MR) is 134 cm³/mol. The minimum absolute atomic E-state index is 0.0235. The Bertz CT molecular complexity index is 1420. The first-order valence-corrected chi connectivity index (χ1v) is 13.1. The predicted octanol–water partition coefficient (Wildman–Crippen LogP) is 3.77. The largest absolute Gasteiger partial charge is 0.462 e. The molecule has 0 spiro atoms. The molecule has 1 aromatic heterocycles. The molecule has 4 rings (SSSR count). The van der Waals surface area contributed by atoms with E-state index in [1.54, 1.807) is 57.2 Å². The number of ether oxygens (including phenoxy) is 1. The highest BCUT2D eigenvalue weighted by Gasteiger charge is 2.42. The van der Waals surface area contributed by atoms with Crippen molar-refractivity contribution in [3.05, 3.63) is 53.3 Å². The first-order valence-electron chi connectivity index (χ1n) is 10.7. The Kier molecular flexibility index (Phi) is 6.77. The van der Waals surface area contributed by atoms with Crippen LogP contribution in [-0.2, 0) is 19.4 Å². The number of esters is 1. The average molecular weight is 515 g/mol. The van der Waals surface area contributed by atoms with Gasteiger partial charge in [0.25, 0.3) is 5.91 Å². The molecule has 0 unspecified atom stereocenters. The van der Waals surface area contributed by atoms with Crippen molar-refractivity contribution in [2.45, 2.75) is 20.8 Å². The number of amides is 1. The summed E-state index contributed by atoms with van der Waals surface area (Å²) in [6.07, 6.45) is 1.33. The lowest BCUT2D eigenvalue weighted by molar-refractivity contribution is -0.114. The van der Waals surface area contributed by atoms with Gasteiger partial charge in [0, 0.05) is 5.56 Å². The number of sulfone groups is 1. The molecule has 10 nitrogen and oxygen atoms in total. The Morgan fingerprint density at radius 1 is 1.29 bits per heavy atom. The fraction of sp³-hybridized carbons (Fsp3) is 0.261. The second-order valence-electron chi connectivity index (χ2n) is 8.09. The Morgan fingerprint density at radius 2 is 2.06 bits per heavy atom. The Balaban J connectivity index is 1.63. The monoisotopic (exact) mass is 514 g/mol. The van der Waals surface area contributed by atoms with Crippen molar-refractivity contribution in [1.29, 1.82) is 5.41 Å². The number of benzene rings is 1. The smallest absolute Gasteiger partial charge is 0.338 e. The Labute approximate surface area is 206 Å². The first-order chi connectivity index (χ1) is 16.6. The molecular weight excluding hydrogens is 492 g/mol. The van der Waals surface area contributed by atoms with Crippen LogP contribution in [0.15, 0.2) is 55.8 Å². The number of rotatable bonds is 6. The summed E-state index contributed by atoms with van der Waals surface area (Å²) in [5.74, 6) is -1.11. The van der Waals surface area contributed by atoms with Crippen molar-refractivity contribution in [2.24, 2.45) is 15.3 Å². The normalized spacial score (nSPS) is 17.0. The van der Waals surface area contributed by atoms with Crippen LogP contribution < -0.4 is 0 Å². The van der Waals surface area contributed by atoms with Crippen LogP contribution in [0.2, 0.25) is 0 Å². The summed E-state index contributed by atoms with van der Waals surface area (Å²) in [7, 11) is -3.79. The molecule has 35 heavy (non-hydrogen) atoms. The Morgan fingerprint density at radius 3 is 2.77 bits per heavy atom. The van der Waals surface area contributed by atoms with E-state index in [-0.39, 0.29) is 45.8 Å². The SMILES string of the molecule is CCOC(=O)c1cccc(-c2ccc(C=C3C(=N)N4C(=NC3=O)SN=C4S(=O)(=O)CC(C)C)o2)c1. The molecule has 0 aliphatic carbocycles. The van der Waals surface area contributed by atoms with Crippen LogP contribution in [0.25, 0.3) is 17.4 Å². The highest BCUT2D eigenvalue weighted by molar-refractivity contribution is 8.16. The van der Waals surface area contributed by atoms with Gasteiger partial charge in [-0.2, -0.15) is 9.39 Å². The summed E-state index contributed by atoms with van der Waals surface area (Å²) in [6, 6.07) is 9.97. The van der Waals surface area contributed by atoms with Crippen LogP contribution in [0.1, 0.15) is 36.9 Å². The molecule has 2 aliphatic heterocycles. The van der Waals surface area contributed by atoms with Crippen LogP contribution in [0.4, 0.5) is 0 Å². The molecule has 182 valence electrons. The molecule has 12 heteroatoms. The summed E-state index contributed by atoms with van der Waals surface area (Å²) < 4.78 is 40.4. The number of furan rings is 1. The number of carbonyl (C=O) groups is 2. The van der Waals surface area contributed by atoms with Gasteiger partial charge in [-0.15, -0.1) is 0 Å². The van der Waals surface area contributed by atoms with E-state index in [1.807, 2.05) is 0 Å². The van der Waals surface area contributed by atoms with E-state index in [0.29, 0.717) is 16.9 Å². The minimum atomic E-state index is -3.79. The van der Waals surface area contributed by atoms with E-state index >= 15 is 0 Å². The number of hydrogen-bond acceptors (Lipinski definition) is 9. The number of fused-ring (bicyclic) bond motifs is 1. The lowest BCUT2D eigenvalue weighted by Crippen LogP contribution is -2.46. The molecule has 1 amide bonds. The standard InChI is InChI=1S/C23H22N4O6S2/c1-4-32-21(29)15-7-5-6-14(10-15)18-9-8-16(33-18)11-17-19(24)27-22(25-20(17)28)34-26-23(27)35(30,31)12-13(2)3/h5-11,13,24H,4,12H2,1-3H3. The molecule has 0 saturated carbocycles. The summed E-state index contributed by atoms with van der Waals surface area (Å²) in [6.45, 7) is 5.51. The molecule has 0 atom stereocenters. The number of nitrogens with zero attached hydrogens (tertiary/aromatic N) is 3. The summed E-state index contributed by atoms with van der Waals surface area (Å²) in [4.78, 5) is 29.6. The zero-order chi connectivity index (χ0) is 25.3. The van der Waals surface area contributed by atoms with Gasteiger partial charge in [-0.25, -0.2) is 18.1 Å². The van der Waals surface area contributed by atoms with Crippen molar-refractivity contribution in [3.63, 3.8) is 0 Å². The highest BCUT2D eigenvalue weighted by Crippen LogP contribution is 2.31. The van der Waals surface area contributed by atoms with Gasteiger partial charge in [0.05, 0.1) is 35.4 Å². The first kappa shape index (κ1) is 24.6. The summed E-state index contributed by atoms with van der Waals surface area (Å²) in [5.41, 5.74) is 0.855. The molecule has 0 saturated heterocycles. The quantitative estimate of drug-likeness (QED) is 0.349. The fourth-order valence-corrected chi connectivity index (χ4v) is 6.19. The van der Waals surface area contributed by atoms with Crippen molar-refractivity contribution >= 4 is 55.9 Å². The van der Waals surface area contributed by atoms with E-state index in [4.69, 9.17) is 14.6 Å². The number of aliphatic imine (C=N–C) groups is 1. The minimum Gasteiger partial charge on any atom is -0.462 e. The second-order valence-corrected chi connectivity index (χ2v) is 10.7. The number of hydrogen-bond donors (Lipinski definition) is 1. The van der Waals surface area contributed by atoms with Gasteiger partial charge in [-0.05, 0) is 43.2 Å². The molecule has 3 heterocycles. The maximum Gasteiger partial charge on any atom is 0.338 e. The van der Waals surface area contributed by atoms with Crippen molar-refractivity contribution in [3.8, 4) is 11.3 Å². The maximum atomic E-state index is 12.8. The lowest BCUT2D eigenvalue weighted by atomic mass is 10.1. The van der Waals surface area contributed by atoms with Crippen LogP contribution in [0.3, 0.4) is 0 Å². The maximum absolute atomic E-state index is 12.8. The van der Waals surface area contributed by atoms with E-state index in [1.165, 1.54) is 6.08 Å². The van der Waals surface area contributed by atoms with Crippen molar-refractivity contribution in [1.82, 2.24) is 4.90 Å². The molecule has 0 bridgehead atoms. The zero-order valence-electron chi connectivity index (χ0n) is 19.1. The van der Waals surface area contributed by atoms with E-state index < -0.39 is 21.7 Å². The van der Waals surface area contributed by atoms with Crippen LogP contribution in [-0.4, -0.2) is 53.7 Å².